The van der Waals surface area contributed by atoms with Crippen LogP contribution in [-0.4, -0.2) is 9.55 Å². The van der Waals surface area contributed by atoms with Gasteiger partial charge in [-0.2, -0.15) is 0 Å². The van der Waals surface area contributed by atoms with Crippen LogP contribution in [0, 0.1) is 0 Å². The van der Waals surface area contributed by atoms with Gasteiger partial charge in [0.05, 0.1) is 15.1 Å². The molecule has 18 heavy (non-hydrogen) atoms. The highest BCUT2D eigenvalue weighted by atomic mass is 35.5. The number of nitrogens with zero attached hydrogens (tertiary/aromatic N) is 2. The number of halogens is 3. The van der Waals surface area contributed by atoms with Crippen molar-refractivity contribution in [3.63, 3.8) is 0 Å². The van der Waals surface area contributed by atoms with Crippen molar-refractivity contribution in [2.45, 2.75) is 0 Å². The van der Waals surface area contributed by atoms with Crippen LogP contribution in [0.2, 0.25) is 15.1 Å². The second-order valence-corrected chi connectivity index (χ2v) is 4.67. The minimum absolute atomic E-state index is 0.0831. The van der Waals surface area contributed by atoms with E-state index >= 15 is 0 Å². The van der Waals surface area contributed by atoms with Gasteiger partial charge < -0.3 is 9.30 Å². The zero-order chi connectivity index (χ0) is 13.3. The molecule has 0 fully saturated rings. The highest BCUT2D eigenvalue weighted by Crippen LogP contribution is 2.35. The summed E-state index contributed by atoms with van der Waals surface area (Å²) < 4.78 is 6.68. The lowest BCUT2D eigenvalue weighted by molar-refractivity contribution is 0.449. The van der Waals surface area contributed by atoms with Gasteiger partial charge in [-0.1, -0.05) is 34.8 Å². The molecule has 0 saturated carbocycles. The maximum absolute atomic E-state index is 11.7. The molecular weight excluding hydrogens is 298 g/mol. The van der Waals surface area contributed by atoms with Crippen molar-refractivity contribution in [2.24, 2.45) is 7.05 Å². The van der Waals surface area contributed by atoms with Gasteiger partial charge in [0, 0.05) is 25.5 Å². The smallest absolute Gasteiger partial charge is 0.313 e. The molecule has 1 heterocycles. The summed E-state index contributed by atoms with van der Waals surface area (Å²) in [7, 11) is 1.59. The van der Waals surface area contributed by atoms with E-state index in [0.717, 1.165) is 0 Å². The van der Waals surface area contributed by atoms with Crippen LogP contribution < -0.4 is 10.3 Å². The van der Waals surface area contributed by atoms with Gasteiger partial charge >= 0.3 is 5.56 Å². The average molecular weight is 306 g/mol. The van der Waals surface area contributed by atoms with Crippen molar-refractivity contribution < 1.29 is 4.74 Å². The molecular formula is C11H7Cl3N2O2. The van der Waals surface area contributed by atoms with Crippen LogP contribution in [0.4, 0.5) is 0 Å². The number of hydrogen-bond donors (Lipinski definition) is 0. The molecule has 0 aliphatic carbocycles. The Labute approximate surface area is 118 Å². The molecule has 0 aliphatic heterocycles. The Kier molecular flexibility index (Phi) is 3.80. The molecule has 0 aliphatic rings. The van der Waals surface area contributed by atoms with Crippen LogP contribution in [0.25, 0.3) is 0 Å². The van der Waals surface area contributed by atoms with Gasteiger partial charge in [-0.25, -0.2) is 4.98 Å². The first-order chi connectivity index (χ1) is 8.49. The summed E-state index contributed by atoms with van der Waals surface area (Å²) in [5, 5.41) is 0.837. The maximum Gasteiger partial charge on any atom is 0.313 e. The van der Waals surface area contributed by atoms with Crippen LogP contribution in [0.5, 0.6) is 11.6 Å². The number of ether oxygens (including phenoxy) is 1. The molecule has 0 N–H and O–H groups in total. The zero-order valence-corrected chi connectivity index (χ0v) is 11.4. The van der Waals surface area contributed by atoms with Gasteiger partial charge in [0.25, 0.3) is 5.88 Å². The molecule has 2 aromatic rings. The summed E-state index contributed by atoms with van der Waals surface area (Å²) in [6, 6.07) is 2.87. The van der Waals surface area contributed by atoms with E-state index in [-0.39, 0.29) is 27.2 Å². The fourth-order valence-corrected chi connectivity index (χ4v) is 1.81. The standard InChI is InChI=1S/C11H7Cl3N2O2/c1-16-3-2-15-10(11(16)17)18-9-5-7(13)6(12)4-8(9)14/h2-5H,1H3. The van der Waals surface area contributed by atoms with E-state index in [4.69, 9.17) is 39.5 Å². The summed E-state index contributed by atoms with van der Waals surface area (Å²) in [6.45, 7) is 0. The lowest BCUT2D eigenvalue weighted by atomic mass is 10.3. The third kappa shape index (κ3) is 2.61. The van der Waals surface area contributed by atoms with Gasteiger partial charge in [0.15, 0.2) is 0 Å². The normalized spacial score (nSPS) is 10.4. The molecule has 0 saturated heterocycles. The molecule has 0 radical (unpaired) electrons. The Balaban J connectivity index is 2.43. The molecule has 0 unspecified atom stereocenters. The molecule has 1 aromatic heterocycles. The molecule has 94 valence electrons. The molecule has 4 nitrogen and oxygen atoms in total. The number of benzene rings is 1. The van der Waals surface area contributed by atoms with E-state index in [2.05, 4.69) is 4.98 Å². The van der Waals surface area contributed by atoms with Crippen molar-refractivity contribution >= 4 is 34.8 Å². The summed E-state index contributed by atoms with van der Waals surface area (Å²) in [5.41, 5.74) is -0.375. The van der Waals surface area contributed by atoms with Gasteiger partial charge in [0.2, 0.25) is 0 Å². The topological polar surface area (TPSA) is 44.1 Å². The third-order valence-electron chi connectivity index (χ3n) is 2.17. The first-order valence-corrected chi connectivity index (χ1v) is 5.96. The predicted octanol–water partition coefficient (Wildman–Crippen LogP) is 3.53. The lowest BCUT2D eigenvalue weighted by Gasteiger charge is -2.08. The van der Waals surface area contributed by atoms with Crippen LogP contribution in [0.3, 0.4) is 0 Å². The summed E-state index contributed by atoms with van der Waals surface area (Å²) in [4.78, 5) is 15.5. The Hall–Kier alpha value is -1.23. The molecule has 1 aromatic carbocycles. The van der Waals surface area contributed by atoms with Crippen LogP contribution >= 0.6 is 34.8 Å². The minimum atomic E-state index is -0.375. The number of hydrogen-bond acceptors (Lipinski definition) is 3. The predicted molar refractivity (Wildman–Crippen MR) is 71.0 cm³/mol. The van der Waals surface area contributed by atoms with Crippen molar-refractivity contribution in [2.75, 3.05) is 0 Å². The van der Waals surface area contributed by atoms with E-state index < -0.39 is 0 Å². The third-order valence-corrected chi connectivity index (χ3v) is 3.18. The van der Waals surface area contributed by atoms with E-state index in [1.165, 1.54) is 29.1 Å². The van der Waals surface area contributed by atoms with Gasteiger partial charge in [-0.05, 0) is 6.07 Å². The number of aromatic nitrogens is 2. The average Bonchev–Trinajstić information content (AvgIpc) is 2.32. The van der Waals surface area contributed by atoms with Crippen LogP contribution in [0.1, 0.15) is 0 Å². The van der Waals surface area contributed by atoms with Crippen LogP contribution in [-0.2, 0) is 7.05 Å². The fourth-order valence-electron chi connectivity index (χ4n) is 1.23. The monoisotopic (exact) mass is 304 g/mol. The van der Waals surface area contributed by atoms with Gasteiger partial charge in [-0.15, -0.1) is 0 Å². The highest BCUT2D eigenvalue weighted by Gasteiger charge is 2.11. The van der Waals surface area contributed by atoms with E-state index in [1.54, 1.807) is 7.05 Å². The molecule has 2 rings (SSSR count). The van der Waals surface area contributed by atoms with Crippen molar-refractivity contribution in [3.05, 3.63) is 49.9 Å². The van der Waals surface area contributed by atoms with Crippen molar-refractivity contribution in [1.29, 1.82) is 0 Å². The van der Waals surface area contributed by atoms with E-state index in [0.29, 0.717) is 5.02 Å². The Morgan fingerprint density at radius 2 is 1.83 bits per heavy atom. The molecule has 0 spiro atoms. The first-order valence-electron chi connectivity index (χ1n) is 4.83. The Morgan fingerprint density at radius 1 is 1.17 bits per heavy atom. The zero-order valence-electron chi connectivity index (χ0n) is 9.15. The Bertz CT molecular complexity index is 655. The second-order valence-electron chi connectivity index (χ2n) is 3.45. The molecule has 0 amide bonds. The largest absolute Gasteiger partial charge is 0.433 e. The first kappa shape index (κ1) is 13.2. The molecule has 0 atom stereocenters. The van der Waals surface area contributed by atoms with Crippen molar-refractivity contribution in [1.82, 2.24) is 9.55 Å². The fraction of sp³-hybridized carbons (Fsp3) is 0.0909. The Morgan fingerprint density at radius 3 is 2.56 bits per heavy atom. The highest BCUT2D eigenvalue weighted by molar-refractivity contribution is 6.43. The van der Waals surface area contributed by atoms with Gasteiger partial charge in [0.1, 0.15) is 5.75 Å². The molecule has 7 heteroatoms. The number of rotatable bonds is 2. The lowest BCUT2D eigenvalue weighted by Crippen LogP contribution is -2.18. The summed E-state index contributed by atoms with van der Waals surface area (Å²) >= 11 is 17.6. The van der Waals surface area contributed by atoms with E-state index in [1.807, 2.05) is 0 Å². The van der Waals surface area contributed by atoms with Crippen LogP contribution in [0.15, 0.2) is 29.3 Å². The van der Waals surface area contributed by atoms with Crippen molar-refractivity contribution in [3.8, 4) is 11.6 Å². The van der Waals surface area contributed by atoms with Gasteiger partial charge in [-0.3, -0.25) is 4.79 Å². The minimum Gasteiger partial charge on any atom is -0.433 e. The second kappa shape index (κ2) is 5.18. The maximum atomic E-state index is 11.7. The summed E-state index contributed by atoms with van der Waals surface area (Å²) in [6.07, 6.45) is 2.97. The summed E-state index contributed by atoms with van der Waals surface area (Å²) in [5.74, 6) is 0.141. The molecule has 0 bridgehead atoms. The quantitative estimate of drug-likeness (QED) is 0.797. The number of aryl methyl sites for hydroxylation is 1. The van der Waals surface area contributed by atoms with E-state index in [9.17, 15) is 4.79 Å². The SMILES string of the molecule is Cn1ccnc(Oc2cc(Cl)c(Cl)cc2Cl)c1=O.